The van der Waals surface area contributed by atoms with E-state index in [1.807, 2.05) is 32.0 Å². The van der Waals surface area contributed by atoms with Crippen molar-refractivity contribution in [3.05, 3.63) is 34.3 Å². The first-order chi connectivity index (χ1) is 7.13. The van der Waals surface area contributed by atoms with E-state index in [0.29, 0.717) is 0 Å². The molecule has 0 radical (unpaired) electrons. The van der Waals surface area contributed by atoms with Gasteiger partial charge in [0.2, 0.25) is 0 Å². The molecule has 0 saturated heterocycles. The average Bonchev–Trinajstić information content (AvgIpc) is 2.24. The van der Waals surface area contributed by atoms with E-state index < -0.39 is 0 Å². The number of aryl methyl sites for hydroxylation is 2. The number of hydrogen-bond acceptors (Lipinski definition) is 0. The second-order valence-corrected chi connectivity index (χ2v) is 5.63. The van der Waals surface area contributed by atoms with Crippen LogP contribution in [0.25, 0.3) is 0 Å². The maximum absolute atomic E-state index is 5.88. The number of rotatable bonds is 3. The van der Waals surface area contributed by atoms with E-state index in [2.05, 4.69) is 6.92 Å². The molecule has 0 saturated carbocycles. The molecule has 0 fully saturated rings. The van der Waals surface area contributed by atoms with Crippen LogP contribution in [0.4, 0.5) is 0 Å². The van der Waals surface area contributed by atoms with Crippen molar-refractivity contribution >= 4 is 11.6 Å². The Morgan fingerprint density at radius 3 is 1.88 bits per heavy atom. The van der Waals surface area contributed by atoms with Crippen LogP contribution in [0.2, 0.25) is 10.0 Å². The quantitative estimate of drug-likeness (QED) is 0.574. The van der Waals surface area contributed by atoms with Gasteiger partial charge >= 0.3 is 49.5 Å². The maximum Gasteiger partial charge on any atom is 0.0464 e. The topological polar surface area (TPSA) is 0 Å². The largest absolute Gasteiger partial charge is 1.00 e. The molecule has 0 heterocycles. The van der Waals surface area contributed by atoms with Gasteiger partial charge in [-0.15, -0.1) is 0 Å². The fraction of sp³-hybridized carbons (Fsp3) is 0.538. The van der Waals surface area contributed by atoms with Crippen LogP contribution in [0.15, 0.2) is 18.2 Å². The van der Waals surface area contributed by atoms with Crippen molar-refractivity contribution in [1.29, 1.82) is 0 Å². The Morgan fingerprint density at radius 1 is 1.12 bits per heavy atom. The van der Waals surface area contributed by atoms with Gasteiger partial charge in [0.15, 0.2) is 0 Å². The molecule has 0 aliphatic carbocycles. The second-order valence-electron chi connectivity index (χ2n) is 3.77. The molecule has 0 bridgehead atoms. The van der Waals surface area contributed by atoms with Crippen molar-refractivity contribution in [3.8, 4) is 0 Å². The minimum absolute atomic E-state index is 0. The monoisotopic (exact) mass is 354 g/mol. The third-order valence-corrected chi connectivity index (χ3v) is 3.88. The zero-order valence-corrected chi connectivity index (χ0v) is 15.8. The van der Waals surface area contributed by atoms with Crippen molar-refractivity contribution in [1.82, 2.24) is 0 Å². The number of hydrogen-bond donors (Lipinski definition) is 0. The molecule has 0 amide bonds. The van der Waals surface area contributed by atoms with E-state index in [1.165, 1.54) is 42.6 Å². The zero-order chi connectivity index (χ0) is 11.7. The molecule has 0 atom stereocenters. The smallest absolute Gasteiger partial charge is 0.0464 e. The number of unbranched alkanes of at least 4 members (excludes halogenated alkanes) is 2. The molecule has 0 nitrogen and oxygen atoms in total. The Bertz CT molecular complexity index is 252. The van der Waals surface area contributed by atoms with Crippen LogP contribution < -0.4 is 17.0 Å². The van der Waals surface area contributed by atoms with Crippen molar-refractivity contribution in [3.63, 3.8) is 0 Å². The fourth-order valence-corrected chi connectivity index (χ4v) is 2.09. The van der Waals surface area contributed by atoms with Gasteiger partial charge in [0.1, 0.15) is 0 Å². The summed E-state index contributed by atoms with van der Waals surface area (Å²) < 4.78 is 0. The van der Waals surface area contributed by atoms with E-state index in [1.54, 1.807) is 0 Å². The number of benzene rings is 1. The molecular formula is C13H20BrClZn. The first-order valence-electron chi connectivity index (χ1n) is 5.64. The fourth-order valence-electron chi connectivity index (χ4n) is 1.22. The van der Waals surface area contributed by atoms with E-state index in [-0.39, 0.29) is 17.0 Å². The molecule has 0 aliphatic rings. The molecular weight excluding hydrogens is 337 g/mol. The van der Waals surface area contributed by atoms with Crippen LogP contribution in [-0.2, 0) is 18.3 Å². The molecule has 1 aromatic carbocycles. The zero-order valence-electron chi connectivity index (χ0n) is 10.5. The second kappa shape index (κ2) is 12.1. The maximum atomic E-state index is 5.88. The van der Waals surface area contributed by atoms with Gasteiger partial charge in [-0.2, -0.15) is 0 Å². The summed E-state index contributed by atoms with van der Waals surface area (Å²) in [6.07, 6.45) is 4.29. The van der Waals surface area contributed by atoms with Crippen LogP contribution in [0.3, 0.4) is 0 Å². The first kappa shape index (κ1) is 19.0. The Morgan fingerprint density at radius 2 is 1.62 bits per heavy atom. The predicted molar refractivity (Wildman–Crippen MR) is 65.3 cm³/mol. The Balaban J connectivity index is 0. The third-order valence-electron chi connectivity index (χ3n) is 2.24. The molecule has 88 valence electrons. The molecule has 0 aromatic heterocycles. The minimum atomic E-state index is 0. The summed E-state index contributed by atoms with van der Waals surface area (Å²) in [4.78, 5) is 0. The standard InChI is InChI=1S/C8H9Cl.C5H11.BrH.Zn/c1-6-4-3-5-7(2)8(6)9;1-3-5-4-2;;/h3-5H,1-2H3;1,3-5H2,2H3;1H;/q;;;+1/p-1. The molecule has 0 N–H and O–H groups in total. The van der Waals surface area contributed by atoms with Gasteiger partial charge in [-0.1, -0.05) is 29.8 Å². The molecule has 16 heavy (non-hydrogen) atoms. The predicted octanol–water partition coefficient (Wildman–Crippen LogP) is 2.10. The van der Waals surface area contributed by atoms with Crippen LogP contribution in [0, 0.1) is 13.8 Å². The summed E-state index contributed by atoms with van der Waals surface area (Å²) in [5.41, 5.74) is 2.30. The van der Waals surface area contributed by atoms with Crippen molar-refractivity contribution in [2.75, 3.05) is 0 Å². The van der Waals surface area contributed by atoms with E-state index >= 15 is 0 Å². The SMILES string of the molecule is CCCC[CH2][Zn+].Cc1cccc(C)c1Cl.[Br-]. The van der Waals surface area contributed by atoms with Crippen molar-refractivity contribution in [2.45, 2.75) is 45.0 Å². The Hall–Kier alpha value is 0.613. The van der Waals surface area contributed by atoms with Crippen LogP contribution >= 0.6 is 11.6 Å². The molecule has 1 aromatic rings. The third kappa shape index (κ3) is 8.73. The van der Waals surface area contributed by atoms with Crippen LogP contribution in [0.1, 0.15) is 37.3 Å². The summed E-state index contributed by atoms with van der Waals surface area (Å²) in [6.45, 7) is 6.26. The normalized spacial score (nSPS) is 8.88. The van der Waals surface area contributed by atoms with Crippen molar-refractivity contribution < 1.29 is 35.3 Å². The van der Waals surface area contributed by atoms with Crippen LogP contribution in [0.5, 0.6) is 0 Å². The Kier molecular flexibility index (Phi) is 14.3. The van der Waals surface area contributed by atoms with Gasteiger partial charge in [0, 0.05) is 5.02 Å². The van der Waals surface area contributed by atoms with Crippen molar-refractivity contribution in [2.24, 2.45) is 0 Å². The summed E-state index contributed by atoms with van der Waals surface area (Å²) in [6, 6.07) is 6.03. The van der Waals surface area contributed by atoms with E-state index in [4.69, 9.17) is 11.6 Å². The Labute approximate surface area is 126 Å². The summed E-state index contributed by atoms with van der Waals surface area (Å²) in [5, 5.41) is 2.37. The minimum Gasteiger partial charge on any atom is -1.00 e. The first-order valence-corrected chi connectivity index (χ1v) is 8.12. The van der Waals surface area contributed by atoms with Gasteiger partial charge in [-0.25, -0.2) is 0 Å². The molecule has 3 heteroatoms. The van der Waals surface area contributed by atoms with E-state index in [0.717, 1.165) is 16.1 Å². The molecule has 1 rings (SSSR count). The van der Waals surface area contributed by atoms with E-state index in [9.17, 15) is 0 Å². The summed E-state index contributed by atoms with van der Waals surface area (Å²) >= 11 is 7.36. The summed E-state index contributed by atoms with van der Waals surface area (Å²) in [7, 11) is 0. The molecule has 0 aliphatic heterocycles. The molecule has 0 spiro atoms. The van der Waals surface area contributed by atoms with Gasteiger partial charge in [0.25, 0.3) is 0 Å². The average molecular weight is 357 g/mol. The van der Waals surface area contributed by atoms with Gasteiger partial charge in [-0.05, 0) is 25.0 Å². The summed E-state index contributed by atoms with van der Waals surface area (Å²) in [5.74, 6) is 0. The number of halogens is 2. The molecule has 0 unspecified atom stereocenters. The van der Waals surface area contributed by atoms with Gasteiger partial charge in [-0.3, -0.25) is 0 Å². The van der Waals surface area contributed by atoms with Crippen LogP contribution in [-0.4, -0.2) is 0 Å². The van der Waals surface area contributed by atoms with Gasteiger partial charge in [0.05, 0.1) is 0 Å². The van der Waals surface area contributed by atoms with Gasteiger partial charge < -0.3 is 17.0 Å².